The van der Waals surface area contributed by atoms with E-state index in [1.807, 2.05) is 0 Å². The minimum Gasteiger partial charge on any atom is -0.453 e. The molecule has 1 saturated heterocycles. The molecule has 1 rings (SSSR count). The number of carbonyl (C=O) groups is 1. The van der Waals surface area contributed by atoms with Gasteiger partial charge in [0.15, 0.2) is 12.3 Å². The Morgan fingerprint density at radius 1 is 1.92 bits per heavy atom. The molecule has 0 aromatic rings. The zero-order valence-electron chi connectivity index (χ0n) is 7.13. The number of halogens is 2. The highest BCUT2D eigenvalue weighted by atomic mass is 19.2. The van der Waals surface area contributed by atoms with E-state index in [-0.39, 0.29) is 6.61 Å². The van der Waals surface area contributed by atoms with Crippen LogP contribution in [-0.2, 0) is 14.3 Å². The van der Waals surface area contributed by atoms with Crippen molar-refractivity contribution < 1.29 is 23.0 Å². The molecule has 1 aliphatic rings. The lowest BCUT2D eigenvalue weighted by atomic mass is 10.0. The third-order valence-corrected chi connectivity index (χ3v) is 1.89. The Balaban J connectivity index is 2.52. The monoisotopic (exact) mass is 192 g/mol. The molecule has 3 atom stereocenters. The van der Waals surface area contributed by atoms with Gasteiger partial charge in [-0.2, -0.15) is 0 Å². The summed E-state index contributed by atoms with van der Waals surface area (Å²) in [6.45, 7) is 4.06. The van der Waals surface area contributed by atoms with Gasteiger partial charge in [-0.1, -0.05) is 6.58 Å². The van der Waals surface area contributed by atoms with E-state index in [0.717, 1.165) is 6.08 Å². The van der Waals surface area contributed by atoms with E-state index in [4.69, 9.17) is 0 Å². The zero-order chi connectivity index (χ0) is 10.1. The summed E-state index contributed by atoms with van der Waals surface area (Å²) in [6, 6.07) is 0. The zero-order valence-corrected chi connectivity index (χ0v) is 7.13. The maximum atomic E-state index is 13.3. The summed E-state index contributed by atoms with van der Waals surface area (Å²) in [4.78, 5) is 10.6. The summed E-state index contributed by atoms with van der Waals surface area (Å²) in [6.07, 6.45) is -2.12. The van der Waals surface area contributed by atoms with E-state index in [1.54, 1.807) is 0 Å². The van der Waals surface area contributed by atoms with Crippen molar-refractivity contribution in [3.63, 3.8) is 0 Å². The highest BCUT2D eigenvalue weighted by molar-refractivity contribution is 5.81. The van der Waals surface area contributed by atoms with Crippen LogP contribution in [-0.4, -0.2) is 30.7 Å². The summed E-state index contributed by atoms with van der Waals surface area (Å²) >= 11 is 0. The van der Waals surface area contributed by atoms with Crippen LogP contribution in [0.2, 0.25) is 0 Å². The first-order valence-corrected chi connectivity index (χ1v) is 3.80. The van der Waals surface area contributed by atoms with Gasteiger partial charge < -0.3 is 9.47 Å². The van der Waals surface area contributed by atoms with Crippen LogP contribution in [0.15, 0.2) is 12.7 Å². The number of esters is 1. The van der Waals surface area contributed by atoms with E-state index in [2.05, 4.69) is 16.1 Å². The lowest BCUT2D eigenvalue weighted by Crippen LogP contribution is -2.59. The van der Waals surface area contributed by atoms with Gasteiger partial charge in [-0.05, 0) is 6.92 Å². The molecule has 1 heterocycles. The lowest BCUT2D eigenvalue weighted by molar-refractivity contribution is -0.321. The van der Waals surface area contributed by atoms with E-state index in [9.17, 15) is 13.6 Å². The van der Waals surface area contributed by atoms with Gasteiger partial charge in [0.25, 0.3) is 5.85 Å². The highest BCUT2D eigenvalue weighted by Crippen LogP contribution is 2.36. The predicted octanol–water partition coefficient (Wildman–Crippen LogP) is 1.14. The Bertz CT molecular complexity index is 231. The quantitative estimate of drug-likeness (QED) is 0.496. The van der Waals surface area contributed by atoms with Gasteiger partial charge >= 0.3 is 5.97 Å². The number of rotatable bonds is 3. The van der Waals surface area contributed by atoms with Gasteiger partial charge in [-0.15, -0.1) is 0 Å². The molecule has 5 heteroatoms. The van der Waals surface area contributed by atoms with E-state index in [0.29, 0.717) is 0 Å². The maximum absolute atomic E-state index is 13.3. The van der Waals surface area contributed by atoms with Gasteiger partial charge in [0.05, 0.1) is 6.61 Å². The summed E-state index contributed by atoms with van der Waals surface area (Å²) < 4.78 is 34.8. The third-order valence-electron chi connectivity index (χ3n) is 1.89. The number of hydrogen-bond acceptors (Lipinski definition) is 3. The third kappa shape index (κ3) is 1.70. The first-order valence-electron chi connectivity index (χ1n) is 3.80. The topological polar surface area (TPSA) is 35.5 Å². The smallest absolute Gasteiger partial charge is 0.330 e. The standard InChI is InChI=1S/C8H10F2O3/c1-3-7(11)13-5(2)8(10)6(9)4-12-8/h3,5-6H,1,4H2,2H3. The molecule has 0 aliphatic carbocycles. The molecule has 1 fully saturated rings. The molecular formula is C8H10F2O3. The van der Waals surface area contributed by atoms with Crippen molar-refractivity contribution in [2.24, 2.45) is 0 Å². The molecule has 13 heavy (non-hydrogen) atoms. The second-order valence-corrected chi connectivity index (χ2v) is 2.76. The van der Waals surface area contributed by atoms with Crippen molar-refractivity contribution in [2.45, 2.75) is 25.1 Å². The van der Waals surface area contributed by atoms with Crippen molar-refractivity contribution >= 4 is 5.97 Å². The fourth-order valence-corrected chi connectivity index (χ4v) is 0.980. The fourth-order valence-electron chi connectivity index (χ4n) is 0.980. The number of alkyl halides is 2. The fraction of sp³-hybridized carbons (Fsp3) is 0.625. The van der Waals surface area contributed by atoms with Crippen LogP contribution >= 0.6 is 0 Å². The summed E-state index contributed by atoms with van der Waals surface area (Å²) in [7, 11) is 0. The second kappa shape index (κ2) is 3.41. The molecule has 1 aliphatic heterocycles. The highest BCUT2D eigenvalue weighted by Gasteiger charge is 2.56. The first-order chi connectivity index (χ1) is 6.00. The number of carbonyl (C=O) groups excluding carboxylic acids is 1. The Morgan fingerprint density at radius 2 is 2.54 bits per heavy atom. The van der Waals surface area contributed by atoms with Gasteiger partial charge in [0.1, 0.15) is 0 Å². The average Bonchev–Trinajstić information content (AvgIpc) is 2.13. The van der Waals surface area contributed by atoms with Crippen molar-refractivity contribution in [1.29, 1.82) is 0 Å². The molecule has 0 amide bonds. The van der Waals surface area contributed by atoms with Crippen LogP contribution in [0.3, 0.4) is 0 Å². The predicted molar refractivity (Wildman–Crippen MR) is 40.4 cm³/mol. The minimum atomic E-state index is -2.49. The Hall–Kier alpha value is -0.970. The van der Waals surface area contributed by atoms with E-state index in [1.165, 1.54) is 6.92 Å². The molecule has 0 aromatic carbocycles. The summed E-state index contributed by atoms with van der Waals surface area (Å²) in [5.41, 5.74) is 0. The van der Waals surface area contributed by atoms with Crippen LogP contribution < -0.4 is 0 Å². The molecule has 0 bridgehead atoms. The van der Waals surface area contributed by atoms with Crippen LogP contribution in [0.1, 0.15) is 6.92 Å². The Labute approximate surface area is 74.3 Å². The van der Waals surface area contributed by atoms with Crippen molar-refractivity contribution in [1.82, 2.24) is 0 Å². The van der Waals surface area contributed by atoms with Gasteiger partial charge in [-0.3, -0.25) is 0 Å². The SMILES string of the molecule is C=CC(=O)OC(C)C1(F)OCC1F. The molecule has 0 N–H and O–H groups in total. The van der Waals surface area contributed by atoms with E-state index < -0.39 is 24.1 Å². The molecule has 3 nitrogen and oxygen atoms in total. The van der Waals surface area contributed by atoms with Crippen molar-refractivity contribution in [3.05, 3.63) is 12.7 Å². The van der Waals surface area contributed by atoms with Crippen LogP contribution in [0, 0.1) is 0 Å². The summed E-state index contributed by atoms with van der Waals surface area (Å²) in [5.74, 6) is -3.29. The Morgan fingerprint density at radius 3 is 2.85 bits per heavy atom. The van der Waals surface area contributed by atoms with Crippen LogP contribution in [0.25, 0.3) is 0 Å². The largest absolute Gasteiger partial charge is 0.453 e. The second-order valence-electron chi connectivity index (χ2n) is 2.76. The molecule has 74 valence electrons. The molecule has 0 aromatic heterocycles. The van der Waals surface area contributed by atoms with Gasteiger partial charge in [0.2, 0.25) is 0 Å². The lowest BCUT2D eigenvalue weighted by Gasteiger charge is -2.40. The average molecular weight is 192 g/mol. The van der Waals surface area contributed by atoms with Gasteiger partial charge in [0, 0.05) is 6.08 Å². The minimum absolute atomic E-state index is 0.299. The number of ether oxygens (including phenoxy) is 2. The van der Waals surface area contributed by atoms with Crippen molar-refractivity contribution in [2.75, 3.05) is 6.61 Å². The van der Waals surface area contributed by atoms with Crippen LogP contribution in [0.5, 0.6) is 0 Å². The molecular weight excluding hydrogens is 182 g/mol. The van der Waals surface area contributed by atoms with Crippen LogP contribution in [0.4, 0.5) is 8.78 Å². The molecule has 0 saturated carbocycles. The Kier molecular flexibility index (Phi) is 2.66. The normalized spacial score (nSPS) is 34.5. The van der Waals surface area contributed by atoms with Gasteiger partial charge in [-0.25, -0.2) is 13.6 Å². The first kappa shape index (κ1) is 10.1. The maximum Gasteiger partial charge on any atom is 0.330 e. The molecule has 0 spiro atoms. The summed E-state index contributed by atoms with van der Waals surface area (Å²) in [5, 5.41) is 0. The molecule has 3 unspecified atom stereocenters. The van der Waals surface area contributed by atoms with E-state index >= 15 is 0 Å². The molecule has 0 radical (unpaired) electrons. The number of hydrogen-bond donors (Lipinski definition) is 0. The van der Waals surface area contributed by atoms with Crippen molar-refractivity contribution in [3.8, 4) is 0 Å².